The molecule has 4 rings (SSSR count). The third-order valence-electron chi connectivity index (χ3n) is 5.84. The molecule has 2 aromatic rings. The first-order valence-electron chi connectivity index (χ1n) is 10.6. The van der Waals surface area contributed by atoms with Crippen molar-refractivity contribution in [3.05, 3.63) is 48.0 Å². The van der Waals surface area contributed by atoms with E-state index >= 15 is 0 Å². The van der Waals surface area contributed by atoms with Crippen molar-refractivity contribution < 1.29 is 37.3 Å². The molecule has 9 nitrogen and oxygen atoms in total. The molecule has 2 N–H and O–H groups in total. The summed E-state index contributed by atoms with van der Waals surface area (Å²) in [7, 11) is 3.34. The van der Waals surface area contributed by atoms with Crippen molar-refractivity contribution in [1.29, 1.82) is 0 Å². The standard InChI is InChI=1S/C20H26N4O3.C2HF3O2/c1-21-18(25)17-14-24-11-8-22-19(24)20(27-17)6-9-23(10-7-20)13-15-4-3-5-16(12-15)26-2;3-2(4,5)1(6)7/h3-5,8,11-12,17H,6-7,9-10,13-14H2,1-2H3,(H,21,25);(H,6,7). The number of carboxylic acid groups (broad SMARTS) is 1. The zero-order valence-electron chi connectivity index (χ0n) is 18.8. The zero-order chi connectivity index (χ0) is 24.9. The Labute approximate surface area is 194 Å². The van der Waals surface area contributed by atoms with Crippen LogP contribution in [0.25, 0.3) is 0 Å². The Balaban J connectivity index is 0.000000406. The fraction of sp³-hybridized carbons (Fsp3) is 0.500. The number of methoxy groups -OCH3 is 1. The lowest BCUT2D eigenvalue weighted by Crippen LogP contribution is -2.53. The predicted octanol–water partition coefficient (Wildman–Crippen LogP) is 2.16. The maximum absolute atomic E-state index is 12.2. The van der Waals surface area contributed by atoms with E-state index in [-0.39, 0.29) is 5.91 Å². The molecule has 1 unspecified atom stereocenters. The van der Waals surface area contributed by atoms with E-state index in [4.69, 9.17) is 19.4 Å². The molecule has 3 heterocycles. The number of ether oxygens (including phenoxy) is 2. The maximum Gasteiger partial charge on any atom is 0.490 e. The molecular formula is C22H27F3N4O5. The second-order valence-corrected chi connectivity index (χ2v) is 8.05. The van der Waals surface area contributed by atoms with Gasteiger partial charge in [0.15, 0.2) is 6.10 Å². The van der Waals surface area contributed by atoms with Crippen LogP contribution in [0.15, 0.2) is 36.7 Å². The van der Waals surface area contributed by atoms with Gasteiger partial charge in [-0.05, 0) is 30.5 Å². The highest BCUT2D eigenvalue weighted by Crippen LogP contribution is 2.40. The lowest BCUT2D eigenvalue weighted by molar-refractivity contribution is -0.192. The summed E-state index contributed by atoms with van der Waals surface area (Å²) in [5, 5.41) is 9.84. The summed E-state index contributed by atoms with van der Waals surface area (Å²) in [5.41, 5.74) is 0.753. The summed E-state index contributed by atoms with van der Waals surface area (Å²) in [4.78, 5) is 28.1. The van der Waals surface area contributed by atoms with Crippen LogP contribution in [-0.2, 0) is 33.0 Å². The van der Waals surface area contributed by atoms with Gasteiger partial charge in [-0.2, -0.15) is 13.2 Å². The third kappa shape index (κ3) is 5.86. The first kappa shape index (κ1) is 25.5. The van der Waals surface area contributed by atoms with Crippen molar-refractivity contribution in [3.63, 3.8) is 0 Å². The number of carboxylic acids is 1. The summed E-state index contributed by atoms with van der Waals surface area (Å²) < 4.78 is 45.5. The monoisotopic (exact) mass is 484 g/mol. The van der Waals surface area contributed by atoms with E-state index in [1.165, 1.54) is 5.56 Å². The van der Waals surface area contributed by atoms with E-state index in [1.54, 1.807) is 20.4 Å². The van der Waals surface area contributed by atoms with Gasteiger partial charge in [-0.25, -0.2) is 9.78 Å². The molecule has 186 valence electrons. The average molecular weight is 484 g/mol. The Morgan fingerprint density at radius 3 is 2.59 bits per heavy atom. The van der Waals surface area contributed by atoms with Gasteiger partial charge in [-0.3, -0.25) is 9.69 Å². The third-order valence-corrected chi connectivity index (χ3v) is 5.84. The number of nitrogens with zero attached hydrogens (tertiary/aromatic N) is 3. The van der Waals surface area contributed by atoms with E-state index in [0.29, 0.717) is 6.54 Å². The van der Waals surface area contributed by atoms with Crippen molar-refractivity contribution in [1.82, 2.24) is 19.8 Å². The lowest BCUT2D eigenvalue weighted by Gasteiger charge is -2.45. The topological polar surface area (TPSA) is 106 Å². The molecule has 1 atom stereocenters. The number of rotatable bonds is 4. The first-order valence-corrected chi connectivity index (χ1v) is 10.6. The predicted molar refractivity (Wildman–Crippen MR) is 114 cm³/mol. The van der Waals surface area contributed by atoms with Gasteiger partial charge in [-0.1, -0.05) is 12.1 Å². The number of hydrogen-bond donors (Lipinski definition) is 2. The van der Waals surface area contributed by atoms with Gasteiger partial charge >= 0.3 is 12.1 Å². The molecule has 1 fully saturated rings. The minimum Gasteiger partial charge on any atom is -0.497 e. The largest absolute Gasteiger partial charge is 0.497 e. The van der Waals surface area contributed by atoms with Gasteiger partial charge in [0.1, 0.15) is 17.2 Å². The maximum atomic E-state index is 12.2. The van der Waals surface area contributed by atoms with Crippen LogP contribution in [0.1, 0.15) is 24.2 Å². The number of imidazole rings is 1. The number of likely N-dealkylation sites (N-methyl/N-ethyl adjacent to an activating group) is 1. The molecule has 1 saturated heterocycles. The highest BCUT2D eigenvalue weighted by Gasteiger charge is 2.46. The molecule has 1 aromatic heterocycles. The zero-order valence-corrected chi connectivity index (χ0v) is 18.8. The van der Waals surface area contributed by atoms with E-state index in [9.17, 15) is 18.0 Å². The molecule has 2 aliphatic rings. The fourth-order valence-electron chi connectivity index (χ4n) is 4.14. The molecule has 2 aliphatic heterocycles. The number of carbonyl (C=O) groups is 2. The van der Waals surface area contributed by atoms with Crippen LogP contribution in [0.4, 0.5) is 13.2 Å². The quantitative estimate of drug-likeness (QED) is 0.685. The number of nitrogens with one attached hydrogen (secondary N) is 1. The second kappa shape index (κ2) is 10.4. The Bertz CT molecular complexity index is 1000. The summed E-state index contributed by atoms with van der Waals surface area (Å²) in [6, 6.07) is 8.19. The smallest absolute Gasteiger partial charge is 0.490 e. The van der Waals surface area contributed by atoms with Crippen LogP contribution in [-0.4, -0.2) is 71.0 Å². The normalized spacial score (nSPS) is 19.5. The van der Waals surface area contributed by atoms with Gasteiger partial charge in [0.05, 0.1) is 13.7 Å². The molecular weight excluding hydrogens is 457 g/mol. The van der Waals surface area contributed by atoms with Crippen LogP contribution < -0.4 is 10.1 Å². The number of benzene rings is 1. The Morgan fingerprint density at radius 1 is 1.32 bits per heavy atom. The van der Waals surface area contributed by atoms with Crippen LogP contribution in [0.2, 0.25) is 0 Å². The molecule has 1 spiro atoms. The number of amides is 1. The second-order valence-electron chi connectivity index (χ2n) is 8.05. The molecule has 0 radical (unpaired) electrons. The molecule has 0 bridgehead atoms. The van der Waals surface area contributed by atoms with Gasteiger partial charge in [0, 0.05) is 39.1 Å². The van der Waals surface area contributed by atoms with Crippen LogP contribution in [0.5, 0.6) is 5.75 Å². The average Bonchev–Trinajstić information content (AvgIpc) is 3.30. The van der Waals surface area contributed by atoms with E-state index in [2.05, 4.69) is 31.9 Å². The van der Waals surface area contributed by atoms with Crippen LogP contribution >= 0.6 is 0 Å². The van der Waals surface area contributed by atoms with Gasteiger partial charge in [-0.15, -0.1) is 0 Å². The highest BCUT2D eigenvalue weighted by atomic mass is 19.4. The Hall–Kier alpha value is -3.12. The number of aromatic nitrogens is 2. The van der Waals surface area contributed by atoms with Gasteiger partial charge in [0.25, 0.3) is 5.91 Å². The summed E-state index contributed by atoms with van der Waals surface area (Å²) in [5.74, 6) is -1.00. The van der Waals surface area contributed by atoms with Crippen molar-refractivity contribution in [2.45, 2.75) is 43.8 Å². The van der Waals surface area contributed by atoms with Crippen molar-refractivity contribution in [3.8, 4) is 5.75 Å². The fourth-order valence-corrected chi connectivity index (χ4v) is 4.14. The minimum absolute atomic E-state index is 0.0764. The highest BCUT2D eigenvalue weighted by molar-refractivity contribution is 5.80. The van der Waals surface area contributed by atoms with E-state index in [0.717, 1.165) is 44.0 Å². The van der Waals surface area contributed by atoms with Gasteiger partial charge < -0.3 is 24.5 Å². The van der Waals surface area contributed by atoms with E-state index < -0.39 is 23.9 Å². The number of piperidine rings is 1. The number of fused-ring (bicyclic) bond motifs is 2. The summed E-state index contributed by atoms with van der Waals surface area (Å²) >= 11 is 0. The summed E-state index contributed by atoms with van der Waals surface area (Å²) in [6.45, 7) is 3.18. The number of alkyl halides is 3. The Morgan fingerprint density at radius 2 is 2.00 bits per heavy atom. The van der Waals surface area contributed by atoms with Gasteiger partial charge in [0.2, 0.25) is 0 Å². The first-order chi connectivity index (χ1) is 16.1. The number of carbonyl (C=O) groups excluding carboxylic acids is 1. The molecule has 34 heavy (non-hydrogen) atoms. The minimum atomic E-state index is -5.08. The number of likely N-dealkylation sites (tertiary alicyclic amines) is 1. The number of aliphatic carboxylic acids is 1. The van der Waals surface area contributed by atoms with Crippen molar-refractivity contribution >= 4 is 11.9 Å². The van der Waals surface area contributed by atoms with Crippen LogP contribution in [0, 0.1) is 0 Å². The molecule has 1 aromatic carbocycles. The lowest BCUT2D eigenvalue weighted by atomic mass is 9.88. The molecule has 1 amide bonds. The SMILES string of the molecule is CNC(=O)C1Cn2ccnc2C2(CCN(Cc3cccc(OC)c3)CC2)O1.O=C(O)C(F)(F)F. The van der Waals surface area contributed by atoms with Crippen molar-refractivity contribution in [2.24, 2.45) is 0 Å². The Kier molecular flexibility index (Phi) is 7.82. The van der Waals surface area contributed by atoms with Crippen LogP contribution in [0.3, 0.4) is 0 Å². The summed E-state index contributed by atoms with van der Waals surface area (Å²) in [6.07, 6.45) is -0.169. The molecule has 12 heteroatoms. The molecule has 0 saturated carbocycles. The molecule has 0 aliphatic carbocycles. The number of halogens is 3. The number of hydrogen-bond acceptors (Lipinski definition) is 6. The van der Waals surface area contributed by atoms with Crippen molar-refractivity contribution in [2.75, 3.05) is 27.2 Å². The van der Waals surface area contributed by atoms with E-state index in [1.807, 2.05) is 18.3 Å².